The molecule has 1 aromatic rings. The molecule has 2 rings (SSSR count). The van der Waals surface area contributed by atoms with E-state index < -0.39 is 0 Å². The molecule has 3 nitrogen and oxygen atoms in total. The topological polar surface area (TPSA) is 36.4 Å². The number of anilines is 1. The summed E-state index contributed by atoms with van der Waals surface area (Å²) in [5.74, 6) is 0.897. The molecule has 0 atom stereocenters. The Hall–Kier alpha value is -0.610. The van der Waals surface area contributed by atoms with Crippen LogP contribution in [-0.2, 0) is 13.0 Å². The molecule has 0 bridgehead atoms. The lowest BCUT2D eigenvalue weighted by atomic mass is 9.95. The monoisotopic (exact) mass is 268 g/mol. The lowest BCUT2D eigenvalue weighted by Gasteiger charge is -2.31. The minimum atomic E-state index is 0.137. The molecule has 2 heterocycles. The second-order valence-electron chi connectivity index (χ2n) is 5.11. The van der Waals surface area contributed by atoms with E-state index in [1.54, 1.807) is 11.3 Å². The largest absolute Gasteiger partial charge is 0.391 e. The summed E-state index contributed by atoms with van der Waals surface area (Å²) in [6.45, 7) is 6.84. The second kappa shape index (κ2) is 6.53. The molecule has 0 radical (unpaired) electrons. The highest BCUT2D eigenvalue weighted by Gasteiger charge is 2.21. The summed E-state index contributed by atoms with van der Waals surface area (Å²) in [4.78, 5) is 8.19. The normalized spacial score (nSPS) is 17.4. The summed E-state index contributed by atoms with van der Waals surface area (Å²) >= 11 is 1.68. The van der Waals surface area contributed by atoms with Gasteiger partial charge in [-0.05, 0) is 25.2 Å². The predicted octanol–water partition coefficient (Wildman–Crippen LogP) is 3.21. The van der Waals surface area contributed by atoms with E-state index in [9.17, 15) is 5.11 Å². The fourth-order valence-electron chi connectivity index (χ4n) is 2.59. The van der Waals surface area contributed by atoms with E-state index in [4.69, 9.17) is 4.98 Å². The molecule has 0 unspecified atom stereocenters. The van der Waals surface area contributed by atoms with Gasteiger partial charge in [0.1, 0.15) is 0 Å². The number of hydrogen-bond donors (Lipinski definition) is 1. The van der Waals surface area contributed by atoms with Crippen LogP contribution in [0.2, 0.25) is 0 Å². The summed E-state index contributed by atoms with van der Waals surface area (Å²) in [6.07, 6.45) is 5.95. The highest BCUT2D eigenvalue weighted by Crippen LogP contribution is 2.31. The number of aromatic nitrogens is 1. The minimum Gasteiger partial charge on any atom is -0.391 e. The number of aryl methyl sites for hydroxylation is 1. The Morgan fingerprint density at radius 2 is 2.06 bits per heavy atom. The van der Waals surface area contributed by atoms with Crippen LogP contribution in [0.15, 0.2) is 0 Å². The Balaban J connectivity index is 2.05. The van der Waals surface area contributed by atoms with Crippen LogP contribution in [-0.4, -0.2) is 23.2 Å². The fourth-order valence-corrected chi connectivity index (χ4v) is 3.61. The van der Waals surface area contributed by atoms with Crippen molar-refractivity contribution in [1.29, 1.82) is 0 Å². The van der Waals surface area contributed by atoms with E-state index in [2.05, 4.69) is 18.7 Å². The highest BCUT2D eigenvalue weighted by atomic mass is 32.1. The van der Waals surface area contributed by atoms with Crippen molar-refractivity contribution in [3.8, 4) is 0 Å². The summed E-state index contributed by atoms with van der Waals surface area (Å²) in [5, 5.41) is 10.5. The molecule has 0 amide bonds. The molecule has 4 heteroatoms. The van der Waals surface area contributed by atoms with Crippen molar-refractivity contribution in [3.63, 3.8) is 0 Å². The van der Waals surface area contributed by atoms with Crippen LogP contribution in [0, 0.1) is 5.92 Å². The molecule has 18 heavy (non-hydrogen) atoms. The van der Waals surface area contributed by atoms with Gasteiger partial charge in [-0.1, -0.05) is 38.0 Å². The number of aliphatic hydroxyl groups excluding tert-OH is 1. The highest BCUT2D eigenvalue weighted by molar-refractivity contribution is 7.15. The van der Waals surface area contributed by atoms with Crippen molar-refractivity contribution in [1.82, 2.24) is 4.98 Å². The summed E-state index contributed by atoms with van der Waals surface area (Å²) < 4.78 is 0. The van der Waals surface area contributed by atoms with Gasteiger partial charge in [-0.2, -0.15) is 0 Å². The third-order valence-electron chi connectivity index (χ3n) is 3.86. The van der Waals surface area contributed by atoms with Crippen molar-refractivity contribution in [3.05, 3.63) is 10.6 Å². The Bertz CT molecular complexity index is 370. The Kier molecular flexibility index (Phi) is 5.01. The molecule has 0 spiro atoms. The van der Waals surface area contributed by atoms with Crippen LogP contribution in [0.4, 0.5) is 5.13 Å². The van der Waals surface area contributed by atoms with Crippen LogP contribution in [0.1, 0.15) is 50.1 Å². The maximum atomic E-state index is 9.39. The first kappa shape index (κ1) is 13.8. The van der Waals surface area contributed by atoms with E-state index in [1.165, 1.54) is 19.3 Å². The standard InChI is InChI=1S/C14H24N2OS/c1-3-5-12-13(10-17)18-14(15-12)16-8-6-11(4-2)7-9-16/h11,17H,3-10H2,1-2H3. The molecule has 0 saturated carbocycles. The van der Waals surface area contributed by atoms with Gasteiger partial charge >= 0.3 is 0 Å². The van der Waals surface area contributed by atoms with Crippen molar-refractivity contribution in [2.24, 2.45) is 5.92 Å². The molecule has 1 fully saturated rings. The van der Waals surface area contributed by atoms with Gasteiger partial charge in [0.2, 0.25) is 0 Å². The van der Waals surface area contributed by atoms with E-state index in [0.717, 1.165) is 47.6 Å². The van der Waals surface area contributed by atoms with E-state index in [0.29, 0.717) is 0 Å². The first-order valence-electron chi connectivity index (χ1n) is 7.12. The van der Waals surface area contributed by atoms with Crippen LogP contribution >= 0.6 is 11.3 Å². The first-order chi connectivity index (χ1) is 8.78. The van der Waals surface area contributed by atoms with Gasteiger partial charge < -0.3 is 10.0 Å². The molecule has 1 N–H and O–H groups in total. The smallest absolute Gasteiger partial charge is 0.185 e. The van der Waals surface area contributed by atoms with Gasteiger partial charge in [-0.15, -0.1) is 0 Å². The molecule has 102 valence electrons. The van der Waals surface area contributed by atoms with Crippen molar-refractivity contribution in [2.45, 2.75) is 52.6 Å². The molecule has 0 aromatic carbocycles. The van der Waals surface area contributed by atoms with Crippen molar-refractivity contribution in [2.75, 3.05) is 18.0 Å². The minimum absolute atomic E-state index is 0.137. The maximum Gasteiger partial charge on any atom is 0.185 e. The number of nitrogens with zero attached hydrogens (tertiary/aromatic N) is 2. The van der Waals surface area contributed by atoms with Gasteiger partial charge in [0.05, 0.1) is 17.2 Å². The number of aliphatic hydroxyl groups is 1. The average molecular weight is 268 g/mol. The quantitative estimate of drug-likeness (QED) is 0.891. The van der Waals surface area contributed by atoms with Crippen LogP contribution in [0.25, 0.3) is 0 Å². The number of hydrogen-bond acceptors (Lipinski definition) is 4. The summed E-state index contributed by atoms with van der Waals surface area (Å²) in [6, 6.07) is 0. The number of thiazole rings is 1. The zero-order valence-corrected chi connectivity index (χ0v) is 12.3. The molecule has 1 aromatic heterocycles. The van der Waals surface area contributed by atoms with Crippen LogP contribution < -0.4 is 4.90 Å². The number of piperidine rings is 1. The van der Waals surface area contributed by atoms with Crippen molar-refractivity contribution >= 4 is 16.5 Å². The average Bonchev–Trinajstić information content (AvgIpc) is 2.82. The fraction of sp³-hybridized carbons (Fsp3) is 0.786. The van der Waals surface area contributed by atoms with E-state index in [-0.39, 0.29) is 6.61 Å². The van der Waals surface area contributed by atoms with Crippen molar-refractivity contribution < 1.29 is 5.11 Å². The maximum absolute atomic E-state index is 9.39. The summed E-state index contributed by atoms with van der Waals surface area (Å²) in [5.41, 5.74) is 1.11. The van der Waals surface area contributed by atoms with Gasteiger partial charge in [-0.3, -0.25) is 0 Å². The third kappa shape index (κ3) is 3.04. The SMILES string of the molecule is CCCc1nc(N2CCC(CC)CC2)sc1CO. The first-order valence-corrected chi connectivity index (χ1v) is 7.94. The van der Waals surface area contributed by atoms with Gasteiger partial charge in [0.25, 0.3) is 0 Å². The Labute approximate surface area is 114 Å². The van der Waals surface area contributed by atoms with E-state index >= 15 is 0 Å². The summed E-state index contributed by atoms with van der Waals surface area (Å²) in [7, 11) is 0. The molecule has 1 aliphatic heterocycles. The second-order valence-corrected chi connectivity index (χ2v) is 6.18. The molecular formula is C14H24N2OS. The van der Waals surface area contributed by atoms with Crippen LogP contribution in [0.5, 0.6) is 0 Å². The molecular weight excluding hydrogens is 244 g/mol. The van der Waals surface area contributed by atoms with Gasteiger partial charge in [0.15, 0.2) is 5.13 Å². The lowest BCUT2D eigenvalue weighted by Crippen LogP contribution is -2.33. The van der Waals surface area contributed by atoms with E-state index in [1.807, 2.05) is 0 Å². The zero-order chi connectivity index (χ0) is 13.0. The lowest BCUT2D eigenvalue weighted by molar-refractivity contribution is 0.284. The third-order valence-corrected chi connectivity index (χ3v) is 5.00. The van der Waals surface area contributed by atoms with Gasteiger partial charge in [0, 0.05) is 13.1 Å². The Morgan fingerprint density at radius 1 is 1.33 bits per heavy atom. The molecule has 1 saturated heterocycles. The zero-order valence-electron chi connectivity index (χ0n) is 11.5. The number of rotatable bonds is 5. The predicted molar refractivity (Wildman–Crippen MR) is 77.3 cm³/mol. The van der Waals surface area contributed by atoms with Crippen LogP contribution in [0.3, 0.4) is 0 Å². The Morgan fingerprint density at radius 3 is 2.61 bits per heavy atom. The molecule has 0 aliphatic carbocycles. The van der Waals surface area contributed by atoms with Gasteiger partial charge in [-0.25, -0.2) is 4.98 Å². The molecule has 1 aliphatic rings.